The molecule has 1 aliphatic heterocycles. The van der Waals surface area contributed by atoms with E-state index in [1.807, 2.05) is 7.05 Å². The van der Waals surface area contributed by atoms with E-state index in [4.69, 9.17) is 4.74 Å². The lowest BCUT2D eigenvalue weighted by molar-refractivity contribution is -0.171. The number of ether oxygens (including phenoxy) is 1. The molecular formula is C17H26N4OS. The topological polar surface area (TPSA) is 58.5 Å². The molecular weight excluding hydrogens is 308 g/mol. The molecule has 2 aliphatic carbocycles. The minimum absolute atomic E-state index is 0.382. The Morgan fingerprint density at radius 2 is 2.26 bits per heavy atom. The molecule has 5 nitrogen and oxygen atoms in total. The van der Waals surface area contributed by atoms with Crippen molar-refractivity contribution >= 4 is 17.3 Å². The molecule has 3 aliphatic rings. The number of nitrogens with one attached hydrogen (secondary N) is 2. The van der Waals surface area contributed by atoms with E-state index in [0.717, 1.165) is 29.8 Å². The lowest BCUT2D eigenvalue weighted by atomic mass is 9.46. The molecule has 0 aromatic carbocycles. The van der Waals surface area contributed by atoms with Crippen LogP contribution in [0.2, 0.25) is 0 Å². The number of thiazole rings is 1. The zero-order chi connectivity index (χ0) is 16.0. The van der Waals surface area contributed by atoms with Gasteiger partial charge in [-0.1, -0.05) is 6.42 Å². The van der Waals surface area contributed by atoms with Crippen molar-refractivity contribution in [3.8, 4) is 0 Å². The van der Waals surface area contributed by atoms with Gasteiger partial charge in [0.2, 0.25) is 0 Å². The number of guanidine groups is 1. The zero-order valence-electron chi connectivity index (χ0n) is 14.2. The highest BCUT2D eigenvalue weighted by Gasteiger charge is 2.66. The second kappa shape index (κ2) is 5.74. The molecule has 3 atom stereocenters. The molecule has 126 valence electrons. The molecule has 1 aromatic heterocycles. The Hall–Kier alpha value is -1.14. The highest BCUT2D eigenvalue weighted by atomic mass is 32.1. The molecule has 3 fully saturated rings. The van der Waals surface area contributed by atoms with E-state index in [9.17, 15) is 0 Å². The van der Waals surface area contributed by atoms with Gasteiger partial charge in [-0.3, -0.25) is 4.99 Å². The zero-order valence-corrected chi connectivity index (χ0v) is 15.0. The van der Waals surface area contributed by atoms with Gasteiger partial charge in [-0.2, -0.15) is 0 Å². The number of hydrogen-bond donors (Lipinski definition) is 2. The lowest BCUT2D eigenvalue weighted by Crippen LogP contribution is -2.72. The van der Waals surface area contributed by atoms with Gasteiger partial charge in [0.25, 0.3) is 0 Å². The van der Waals surface area contributed by atoms with Gasteiger partial charge in [-0.15, -0.1) is 11.3 Å². The molecule has 2 saturated carbocycles. The number of aliphatic imine (C=N–C) groups is 1. The predicted molar refractivity (Wildman–Crippen MR) is 92.8 cm³/mol. The Morgan fingerprint density at radius 3 is 2.87 bits per heavy atom. The molecule has 0 radical (unpaired) electrons. The molecule has 1 saturated heterocycles. The summed E-state index contributed by atoms with van der Waals surface area (Å²) in [7, 11) is 1.85. The van der Waals surface area contributed by atoms with Crippen LogP contribution < -0.4 is 10.6 Å². The van der Waals surface area contributed by atoms with Gasteiger partial charge in [-0.25, -0.2) is 4.98 Å². The average Bonchev–Trinajstić information content (AvgIpc) is 3.03. The molecule has 4 rings (SSSR count). The van der Waals surface area contributed by atoms with Crippen molar-refractivity contribution in [2.75, 3.05) is 13.7 Å². The van der Waals surface area contributed by atoms with Crippen LogP contribution in [0.3, 0.4) is 0 Å². The summed E-state index contributed by atoms with van der Waals surface area (Å²) in [5.41, 5.74) is 1.51. The van der Waals surface area contributed by atoms with Crippen LogP contribution >= 0.6 is 11.3 Å². The summed E-state index contributed by atoms with van der Waals surface area (Å²) in [4.78, 5) is 10.3. The summed E-state index contributed by atoms with van der Waals surface area (Å²) >= 11 is 1.76. The van der Waals surface area contributed by atoms with Crippen molar-refractivity contribution < 1.29 is 4.74 Å². The Kier molecular flexibility index (Phi) is 3.84. The van der Waals surface area contributed by atoms with Crippen LogP contribution in [0.15, 0.2) is 4.99 Å². The Morgan fingerprint density at radius 1 is 1.43 bits per heavy atom. The first-order chi connectivity index (χ1) is 11.1. The normalized spacial score (nSPS) is 31.4. The fourth-order valence-electron chi connectivity index (χ4n) is 4.57. The molecule has 1 aromatic rings. The van der Waals surface area contributed by atoms with Gasteiger partial charge < -0.3 is 15.4 Å². The molecule has 23 heavy (non-hydrogen) atoms. The third-order valence-electron chi connectivity index (χ3n) is 6.03. The number of fused-ring (bicyclic) bond motifs is 2. The van der Waals surface area contributed by atoms with Crippen LogP contribution in [0.5, 0.6) is 0 Å². The van der Waals surface area contributed by atoms with E-state index in [0.29, 0.717) is 23.5 Å². The molecule has 2 N–H and O–H groups in total. The maximum absolute atomic E-state index is 5.99. The molecule has 0 bridgehead atoms. The van der Waals surface area contributed by atoms with Gasteiger partial charge in [0, 0.05) is 35.9 Å². The first-order valence-electron chi connectivity index (χ1n) is 8.66. The van der Waals surface area contributed by atoms with Crippen LogP contribution in [0.4, 0.5) is 0 Å². The highest BCUT2D eigenvalue weighted by molar-refractivity contribution is 7.11. The summed E-state index contributed by atoms with van der Waals surface area (Å²) in [5.74, 6) is 1.57. The van der Waals surface area contributed by atoms with Crippen LogP contribution in [0.25, 0.3) is 0 Å². The Labute approximate surface area is 141 Å². The number of aromatic nitrogens is 1. The monoisotopic (exact) mass is 334 g/mol. The maximum atomic E-state index is 5.99. The van der Waals surface area contributed by atoms with E-state index < -0.39 is 0 Å². The maximum Gasteiger partial charge on any atom is 0.191 e. The van der Waals surface area contributed by atoms with E-state index in [1.165, 1.54) is 30.6 Å². The van der Waals surface area contributed by atoms with E-state index in [2.05, 4.69) is 34.5 Å². The largest absolute Gasteiger partial charge is 0.377 e. The molecule has 1 spiro atoms. The Balaban J connectivity index is 1.38. The van der Waals surface area contributed by atoms with Gasteiger partial charge in [0.1, 0.15) is 5.01 Å². The quantitative estimate of drug-likeness (QED) is 0.658. The van der Waals surface area contributed by atoms with E-state index in [1.54, 1.807) is 11.3 Å². The SMILES string of the molecule is CN=C(NCc1nc(C)c(C)s1)NC1C2CCOC2C12CCC2. The van der Waals surface area contributed by atoms with Crippen molar-refractivity contribution in [3.05, 3.63) is 15.6 Å². The van der Waals surface area contributed by atoms with Gasteiger partial charge >= 0.3 is 0 Å². The fraction of sp³-hybridized carbons (Fsp3) is 0.765. The van der Waals surface area contributed by atoms with Crippen molar-refractivity contribution in [2.45, 2.75) is 58.2 Å². The minimum Gasteiger partial charge on any atom is -0.377 e. The summed E-state index contributed by atoms with van der Waals surface area (Å²) in [6.45, 7) is 5.86. The second-order valence-corrected chi connectivity index (χ2v) is 8.42. The first kappa shape index (κ1) is 15.4. The second-order valence-electron chi connectivity index (χ2n) is 7.13. The minimum atomic E-state index is 0.382. The van der Waals surface area contributed by atoms with Gasteiger partial charge in [0.15, 0.2) is 5.96 Å². The van der Waals surface area contributed by atoms with Crippen LogP contribution in [-0.4, -0.2) is 36.7 Å². The highest BCUT2D eigenvalue weighted by Crippen LogP contribution is 2.62. The Bertz CT molecular complexity index is 603. The van der Waals surface area contributed by atoms with E-state index >= 15 is 0 Å². The van der Waals surface area contributed by atoms with Crippen molar-refractivity contribution in [1.82, 2.24) is 15.6 Å². The predicted octanol–water partition coefficient (Wildman–Crippen LogP) is 2.38. The number of nitrogens with zero attached hydrogens (tertiary/aromatic N) is 2. The average molecular weight is 334 g/mol. The summed E-state index contributed by atoms with van der Waals surface area (Å²) in [6, 6.07) is 0.523. The number of rotatable bonds is 3. The summed E-state index contributed by atoms with van der Waals surface area (Å²) in [5, 5.41) is 8.25. The van der Waals surface area contributed by atoms with Crippen molar-refractivity contribution in [1.29, 1.82) is 0 Å². The molecule has 6 heteroatoms. The summed E-state index contributed by atoms with van der Waals surface area (Å²) in [6.07, 6.45) is 5.62. The summed E-state index contributed by atoms with van der Waals surface area (Å²) < 4.78 is 5.99. The fourth-order valence-corrected chi connectivity index (χ4v) is 5.45. The lowest BCUT2D eigenvalue weighted by Gasteiger charge is -2.63. The van der Waals surface area contributed by atoms with E-state index in [-0.39, 0.29) is 0 Å². The number of hydrogen-bond acceptors (Lipinski definition) is 4. The van der Waals surface area contributed by atoms with Crippen molar-refractivity contribution in [3.63, 3.8) is 0 Å². The first-order valence-corrected chi connectivity index (χ1v) is 9.47. The van der Waals surface area contributed by atoms with Crippen LogP contribution in [0.1, 0.15) is 41.3 Å². The van der Waals surface area contributed by atoms with Crippen LogP contribution in [-0.2, 0) is 11.3 Å². The van der Waals surface area contributed by atoms with Crippen molar-refractivity contribution in [2.24, 2.45) is 16.3 Å². The van der Waals surface area contributed by atoms with Gasteiger partial charge in [-0.05, 0) is 33.1 Å². The molecule has 0 amide bonds. The van der Waals surface area contributed by atoms with Gasteiger partial charge in [0.05, 0.1) is 18.3 Å². The standard InChI is InChI=1S/C17H26N4OS/c1-10-11(2)23-13(20-10)9-19-16(18-3)21-14-12-5-8-22-15(12)17(14)6-4-7-17/h12,14-15H,4-9H2,1-3H3,(H2,18,19,21). The smallest absolute Gasteiger partial charge is 0.191 e. The molecule has 2 heterocycles. The third-order valence-corrected chi connectivity index (χ3v) is 7.10. The van der Waals surface area contributed by atoms with Crippen LogP contribution in [0, 0.1) is 25.2 Å². The number of aryl methyl sites for hydroxylation is 2. The molecule has 3 unspecified atom stereocenters. The third kappa shape index (κ3) is 2.38.